The number of fused-ring (bicyclic) bond motifs is 2. The summed E-state index contributed by atoms with van der Waals surface area (Å²) in [6.45, 7) is 5.20. The van der Waals surface area contributed by atoms with E-state index in [1.807, 2.05) is 55.5 Å². The number of amides is 1. The van der Waals surface area contributed by atoms with Crippen molar-refractivity contribution in [1.82, 2.24) is 4.98 Å². The number of para-hydroxylation sites is 2. The quantitative estimate of drug-likeness (QED) is 0.655. The summed E-state index contributed by atoms with van der Waals surface area (Å²) in [6, 6.07) is 15.1. The molecule has 0 bridgehead atoms. The highest BCUT2D eigenvalue weighted by Crippen LogP contribution is 2.26. The molecule has 3 aromatic rings. The zero-order valence-electron chi connectivity index (χ0n) is 17.5. The van der Waals surface area contributed by atoms with E-state index in [1.54, 1.807) is 6.92 Å². The van der Waals surface area contributed by atoms with Crippen LogP contribution in [0.1, 0.15) is 34.1 Å². The molecule has 0 saturated carbocycles. The summed E-state index contributed by atoms with van der Waals surface area (Å²) in [5.41, 5.74) is 4.84. The van der Waals surface area contributed by atoms with Gasteiger partial charge in [-0.25, -0.2) is 4.79 Å². The number of hydrogen-bond donors (Lipinski definition) is 2. The Morgan fingerprint density at radius 3 is 2.67 bits per heavy atom. The summed E-state index contributed by atoms with van der Waals surface area (Å²) >= 11 is 0. The van der Waals surface area contributed by atoms with E-state index >= 15 is 0 Å². The SMILES string of the molecule is Cc1ccccc1NC(=O)[C@H](C)OC(=O)c1c2c(nc3ccccc13)CC[NH+](C)C2. The van der Waals surface area contributed by atoms with E-state index in [1.165, 1.54) is 4.90 Å². The maximum Gasteiger partial charge on any atom is 0.340 e. The first-order chi connectivity index (χ1) is 14.4. The Morgan fingerprint density at radius 1 is 1.13 bits per heavy atom. The smallest absolute Gasteiger partial charge is 0.340 e. The Morgan fingerprint density at radius 2 is 1.87 bits per heavy atom. The highest BCUT2D eigenvalue weighted by atomic mass is 16.5. The standard InChI is InChI=1S/C24H25N3O3/c1-15-8-4-6-10-19(15)26-23(28)16(2)30-24(29)22-17-9-5-7-11-20(17)25-21-12-13-27(3)14-18(21)22/h4-11,16H,12-14H2,1-3H3,(H,26,28)/p+1/t16-/m0/s1. The van der Waals surface area contributed by atoms with E-state index in [0.29, 0.717) is 17.8 Å². The number of aryl methyl sites for hydroxylation is 1. The highest BCUT2D eigenvalue weighted by Gasteiger charge is 2.29. The van der Waals surface area contributed by atoms with Crippen molar-refractivity contribution in [1.29, 1.82) is 0 Å². The van der Waals surface area contributed by atoms with Crippen LogP contribution in [-0.2, 0) is 22.5 Å². The number of nitrogens with one attached hydrogen (secondary N) is 2. The number of pyridine rings is 1. The fourth-order valence-corrected chi connectivity index (χ4v) is 3.88. The second-order valence-electron chi connectivity index (χ2n) is 7.91. The molecule has 1 unspecified atom stereocenters. The Kier molecular flexibility index (Phi) is 5.50. The average molecular weight is 404 g/mol. The number of quaternary nitrogens is 1. The van der Waals surface area contributed by atoms with Crippen LogP contribution in [-0.4, -0.2) is 36.6 Å². The fraction of sp³-hybridized carbons (Fsp3) is 0.292. The molecule has 1 aliphatic heterocycles. The fourth-order valence-electron chi connectivity index (χ4n) is 3.88. The summed E-state index contributed by atoms with van der Waals surface area (Å²) in [6.07, 6.45) is -0.108. The van der Waals surface area contributed by atoms with Crippen LogP contribution in [0.25, 0.3) is 10.9 Å². The minimum absolute atomic E-state index is 0.354. The summed E-state index contributed by atoms with van der Waals surface area (Å²) in [5.74, 6) is -0.834. The molecule has 0 spiro atoms. The molecule has 2 N–H and O–H groups in total. The van der Waals surface area contributed by atoms with Gasteiger partial charge in [-0.2, -0.15) is 0 Å². The van der Waals surface area contributed by atoms with E-state index in [-0.39, 0.29) is 5.91 Å². The maximum atomic E-state index is 13.2. The number of ether oxygens (including phenoxy) is 1. The summed E-state index contributed by atoms with van der Waals surface area (Å²) in [7, 11) is 2.10. The van der Waals surface area contributed by atoms with E-state index in [2.05, 4.69) is 12.4 Å². The van der Waals surface area contributed by atoms with Gasteiger partial charge in [0.1, 0.15) is 6.54 Å². The molecule has 1 amide bonds. The number of benzene rings is 2. The van der Waals surface area contributed by atoms with E-state index in [0.717, 1.165) is 40.7 Å². The molecule has 1 aromatic heterocycles. The Labute approximate surface area is 175 Å². The lowest BCUT2D eigenvalue weighted by Crippen LogP contribution is -3.08. The third kappa shape index (κ3) is 3.91. The lowest BCUT2D eigenvalue weighted by Gasteiger charge is -2.25. The number of aromatic nitrogens is 1. The van der Waals surface area contributed by atoms with Crippen LogP contribution < -0.4 is 10.2 Å². The van der Waals surface area contributed by atoms with Gasteiger partial charge < -0.3 is 15.0 Å². The van der Waals surface area contributed by atoms with Gasteiger partial charge in [0.15, 0.2) is 6.10 Å². The van der Waals surface area contributed by atoms with Gasteiger partial charge in [0.2, 0.25) is 0 Å². The van der Waals surface area contributed by atoms with Crippen LogP contribution in [0.3, 0.4) is 0 Å². The highest BCUT2D eigenvalue weighted by molar-refractivity contribution is 6.06. The molecule has 2 atom stereocenters. The first-order valence-electron chi connectivity index (χ1n) is 10.2. The van der Waals surface area contributed by atoms with Crippen LogP contribution in [0.4, 0.5) is 5.69 Å². The summed E-state index contributed by atoms with van der Waals surface area (Å²) in [4.78, 5) is 32.0. The third-order valence-corrected chi connectivity index (χ3v) is 5.61. The first-order valence-corrected chi connectivity index (χ1v) is 10.2. The van der Waals surface area contributed by atoms with Crippen LogP contribution in [0, 0.1) is 6.92 Å². The molecule has 4 rings (SSSR count). The van der Waals surface area contributed by atoms with Crippen molar-refractivity contribution >= 4 is 28.5 Å². The predicted molar refractivity (Wildman–Crippen MR) is 116 cm³/mol. The Hall–Kier alpha value is -3.25. The first kappa shape index (κ1) is 20.0. The minimum Gasteiger partial charge on any atom is -0.449 e. The van der Waals surface area contributed by atoms with Gasteiger partial charge in [0, 0.05) is 23.1 Å². The number of esters is 1. The molecule has 0 fully saturated rings. The van der Waals surface area contributed by atoms with Gasteiger partial charge in [-0.3, -0.25) is 9.78 Å². The van der Waals surface area contributed by atoms with Gasteiger partial charge in [0.05, 0.1) is 30.4 Å². The minimum atomic E-state index is -0.923. The molecule has 6 nitrogen and oxygen atoms in total. The van der Waals surface area contributed by atoms with Crippen molar-refractivity contribution in [3.8, 4) is 0 Å². The van der Waals surface area contributed by atoms with Gasteiger partial charge >= 0.3 is 5.97 Å². The van der Waals surface area contributed by atoms with Crippen molar-refractivity contribution in [2.24, 2.45) is 0 Å². The number of anilines is 1. The van der Waals surface area contributed by atoms with E-state index in [9.17, 15) is 9.59 Å². The number of carbonyl (C=O) groups excluding carboxylic acids is 2. The molecule has 2 aromatic carbocycles. The van der Waals surface area contributed by atoms with Crippen molar-refractivity contribution in [3.05, 3.63) is 70.9 Å². The van der Waals surface area contributed by atoms with E-state index in [4.69, 9.17) is 9.72 Å². The molecule has 0 saturated heterocycles. The molecule has 6 heteroatoms. The zero-order chi connectivity index (χ0) is 21.3. The second kappa shape index (κ2) is 8.24. The zero-order valence-corrected chi connectivity index (χ0v) is 17.5. The van der Waals surface area contributed by atoms with Gasteiger partial charge in [0.25, 0.3) is 5.91 Å². The summed E-state index contributed by atoms with van der Waals surface area (Å²) < 4.78 is 5.63. The van der Waals surface area contributed by atoms with Crippen LogP contribution in [0.15, 0.2) is 48.5 Å². The van der Waals surface area contributed by atoms with Crippen LogP contribution >= 0.6 is 0 Å². The maximum absolute atomic E-state index is 13.2. The van der Waals surface area contributed by atoms with Crippen molar-refractivity contribution in [2.75, 3.05) is 18.9 Å². The van der Waals surface area contributed by atoms with Crippen molar-refractivity contribution in [3.63, 3.8) is 0 Å². The largest absolute Gasteiger partial charge is 0.449 e. The van der Waals surface area contributed by atoms with E-state index < -0.39 is 12.1 Å². The second-order valence-corrected chi connectivity index (χ2v) is 7.91. The Bertz CT molecular complexity index is 1130. The molecule has 154 valence electrons. The van der Waals surface area contributed by atoms with Gasteiger partial charge in [-0.1, -0.05) is 36.4 Å². The molecular weight excluding hydrogens is 378 g/mol. The van der Waals surface area contributed by atoms with Gasteiger partial charge in [-0.05, 0) is 31.5 Å². The Balaban J connectivity index is 1.62. The molecule has 30 heavy (non-hydrogen) atoms. The molecule has 1 aliphatic rings. The van der Waals surface area contributed by atoms with Crippen LogP contribution in [0.2, 0.25) is 0 Å². The topological polar surface area (TPSA) is 72.7 Å². The average Bonchev–Trinajstić information content (AvgIpc) is 2.73. The summed E-state index contributed by atoms with van der Waals surface area (Å²) in [5, 5.41) is 3.61. The molecule has 0 radical (unpaired) electrons. The number of rotatable bonds is 4. The number of hydrogen-bond acceptors (Lipinski definition) is 4. The van der Waals surface area contributed by atoms with Crippen molar-refractivity contribution in [2.45, 2.75) is 32.9 Å². The number of carbonyl (C=O) groups is 2. The molecular formula is C24H26N3O3+. The molecule has 2 heterocycles. The number of likely N-dealkylation sites (N-methyl/N-ethyl adjacent to an activating group) is 1. The lowest BCUT2D eigenvalue weighted by atomic mass is 9.96. The normalized spacial score (nSPS) is 16.6. The monoisotopic (exact) mass is 404 g/mol. The van der Waals surface area contributed by atoms with Crippen LogP contribution in [0.5, 0.6) is 0 Å². The lowest BCUT2D eigenvalue weighted by molar-refractivity contribution is -0.895. The van der Waals surface area contributed by atoms with Crippen molar-refractivity contribution < 1.29 is 19.2 Å². The van der Waals surface area contributed by atoms with Gasteiger partial charge in [-0.15, -0.1) is 0 Å². The predicted octanol–water partition coefficient (Wildman–Crippen LogP) is 2.30. The molecule has 0 aliphatic carbocycles. The number of nitrogens with zero attached hydrogens (tertiary/aromatic N) is 1. The third-order valence-electron chi connectivity index (χ3n) is 5.61.